The third-order valence-corrected chi connectivity index (χ3v) is 9.37. The average Bonchev–Trinajstić information content (AvgIpc) is 3.21. The Labute approximate surface area is 240 Å². The van der Waals surface area contributed by atoms with E-state index in [1.54, 1.807) is 6.92 Å². The second kappa shape index (κ2) is 12.8. The second-order valence-electron chi connectivity index (χ2n) is 10.5. The third-order valence-electron chi connectivity index (χ3n) is 7.33. The zero-order valence-electron chi connectivity index (χ0n) is 22.8. The monoisotopic (exact) mass is 629 g/mol. The van der Waals surface area contributed by atoms with Crippen molar-refractivity contribution in [1.29, 1.82) is 0 Å². The largest absolute Gasteiger partial charge is 0.434 e. The minimum atomic E-state index is -4.53. The molecule has 1 aliphatic rings. The van der Waals surface area contributed by atoms with Gasteiger partial charge in [-0.3, -0.25) is 9.48 Å². The van der Waals surface area contributed by atoms with E-state index in [-0.39, 0.29) is 46.5 Å². The van der Waals surface area contributed by atoms with Crippen LogP contribution in [0.5, 0.6) is 5.75 Å². The van der Waals surface area contributed by atoms with Gasteiger partial charge < -0.3 is 15.2 Å². The molecule has 0 aliphatic heterocycles. The fraction of sp³-hybridized carbons (Fsp3) is 0.615. The van der Waals surface area contributed by atoms with Crippen LogP contribution in [0.15, 0.2) is 18.2 Å². The summed E-state index contributed by atoms with van der Waals surface area (Å²) in [5, 5.41) is 17.1. The Balaban J connectivity index is 1.86. The highest BCUT2D eigenvalue weighted by atomic mass is 35.5. The number of hydrogen-bond donors (Lipinski definition) is 2. The molecule has 15 heteroatoms. The smallest absolute Gasteiger partial charge is 0.389 e. The summed E-state index contributed by atoms with van der Waals surface area (Å²) in [4.78, 5) is 13.0. The zero-order valence-corrected chi connectivity index (χ0v) is 24.3. The lowest BCUT2D eigenvalue weighted by atomic mass is 9.89. The van der Waals surface area contributed by atoms with Gasteiger partial charge >= 0.3 is 12.8 Å². The van der Waals surface area contributed by atoms with Crippen LogP contribution in [-0.2, 0) is 22.0 Å². The van der Waals surface area contributed by atoms with Crippen LogP contribution in [0.2, 0.25) is 5.02 Å². The van der Waals surface area contributed by atoms with Gasteiger partial charge in [0.15, 0.2) is 5.69 Å². The molecule has 1 aliphatic carbocycles. The Morgan fingerprint density at radius 3 is 2.39 bits per heavy atom. The topological polar surface area (TPSA) is 111 Å². The summed E-state index contributed by atoms with van der Waals surface area (Å²) in [6.07, 6.45) is -3.08. The van der Waals surface area contributed by atoms with Gasteiger partial charge in [-0.25, -0.2) is 8.42 Å². The number of aromatic nitrogens is 2. The Morgan fingerprint density at radius 2 is 1.85 bits per heavy atom. The van der Waals surface area contributed by atoms with E-state index < -0.39 is 58.0 Å². The van der Waals surface area contributed by atoms with E-state index in [0.717, 1.165) is 13.0 Å². The van der Waals surface area contributed by atoms with Crippen molar-refractivity contribution in [2.45, 2.75) is 82.6 Å². The number of halogens is 6. The number of amides is 1. The quantitative estimate of drug-likeness (QED) is 0.308. The number of alkyl halides is 5. The number of ether oxygens (including phenoxy) is 1. The molecule has 2 aromatic rings. The molecule has 0 saturated heterocycles. The molecule has 1 aromatic carbocycles. The van der Waals surface area contributed by atoms with Crippen LogP contribution in [0.4, 0.5) is 22.0 Å². The molecule has 41 heavy (non-hydrogen) atoms. The van der Waals surface area contributed by atoms with Crippen LogP contribution < -0.4 is 10.1 Å². The molecule has 1 aromatic heterocycles. The minimum absolute atomic E-state index is 0.00170. The summed E-state index contributed by atoms with van der Waals surface area (Å²) in [6.45, 7) is -0.0439. The SMILES string of the molecule is CCn1nc(C(=O)NCC2CCC(S(C)(=O)=O)CC2)c(Cl)c1-c1ccc(C(C)(O)CCC(F)(F)F)cc1OC(F)F. The number of aliphatic hydroxyl groups is 1. The van der Waals surface area contributed by atoms with Crippen molar-refractivity contribution in [2.24, 2.45) is 5.92 Å². The molecule has 1 heterocycles. The molecule has 1 atom stereocenters. The van der Waals surface area contributed by atoms with Gasteiger partial charge in [0.2, 0.25) is 0 Å². The maximum absolute atomic E-state index is 13.3. The molecule has 1 unspecified atom stereocenters. The molecule has 230 valence electrons. The molecule has 8 nitrogen and oxygen atoms in total. The van der Waals surface area contributed by atoms with Crippen molar-refractivity contribution >= 4 is 27.3 Å². The van der Waals surface area contributed by atoms with E-state index in [1.165, 1.54) is 23.1 Å². The average molecular weight is 630 g/mol. The van der Waals surface area contributed by atoms with Gasteiger partial charge in [0.05, 0.1) is 21.6 Å². The summed E-state index contributed by atoms with van der Waals surface area (Å²) in [7, 11) is -3.13. The number of benzene rings is 1. The van der Waals surface area contributed by atoms with Crippen LogP contribution in [0, 0.1) is 5.92 Å². The van der Waals surface area contributed by atoms with Crippen molar-refractivity contribution < 1.29 is 45.0 Å². The first kappa shape index (κ1) is 33.1. The first-order valence-corrected chi connectivity index (χ1v) is 15.4. The summed E-state index contributed by atoms with van der Waals surface area (Å²) < 4.78 is 94.4. The second-order valence-corrected chi connectivity index (χ2v) is 13.2. The van der Waals surface area contributed by atoms with Gasteiger partial charge in [-0.1, -0.05) is 17.7 Å². The Hall–Kier alpha value is -2.45. The molecule has 0 radical (unpaired) electrons. The van der Waals surface area contributed by atoms with Crippen LogP contribution in [0.3, 0.4) is 0 Å². The number of hydrogen-bond acceptors (Lipinski definition) is 6. The molecule has 3 rings (SSSR count). The van der Waals surface area contributed by atoms with Gasteiger partial charge in [-0.05, 0) is 69.6 Å². The van der Waals surface area contributed by atoms with E-state index in [4.69, 9.17) is 11.6 Å². The van der Waals surface area contributed by atoms with Crippen LogP contribution >= 0.6 is 11.6 Å². The van der Waals surface area contributed by atoms with Crippen molar-refractivity contribution in [3.8, 4) is 17.0 Å². The highest BCUT2D eigenvalue weighted by molar-refractivity contribution is 7.91. The van der Waals surface area contributed by atoms with Crippen LogP contribution in [-0.4, -0.2) is 60.1 Å². The molecule has 1 fully saturated rings. The van der Waals surface area contributed by atoms with E-state index in [1.807, 2.05) is 0 Å². The van der Waals surface area contributed by atoms with Crippen molar-refractivity contribution in [3.63, 3.8) is 0 Å². The summed E-state index contributed by atoms with van der Waals surface area (Å²) in [5.74, 6) is -1.01. The third kappa shape index (κ3) is 8.54. The first-order valence-electron chi connectivity index (χ1n) is 13.0. The molecular formula is C26H33ClF5N3O5S. The highest BCUT2D eigenvalue weighted by Gasteiger charge is 2.34. The summed E-state index contributed by atoms with van der Waals surface area (Å²) >= 11 is 6.54. The number of nitrogens with one attached hydrogen (secondary N) is 1. The fourth-order valence-electron chi connectivity index (χ4n) is 4.93. The maximum atomic E-state index is 13.3. The number of carbonyl (C=O) groups is 1. The number of aryl methyl sites for hydroxylation is 1. The van der Waals surface area contributed by atoms with Crippen molar-refractivity contribution in [1.82, 2.24) is 15.1 Å². The highest BCUT2D eigenvalue weighted by Crippen LogP contribution is 2.41. The Morgan fingerprint density at radius 1 is 1.22 bits per heavy atom. The lowest BCUT2D eigenvalue weighted by Gasteiger charge is -2.27. The van der Waals surface area contributed by atoms with Gasteiger partial charge in [0, 0.05) is 31.3 Å². The van der Waals surface area contributed by atoms with Gasteiger partial charge in [0.25, 0.3) is 5.91 Å². The predicted octanol–water partition coefficient (Wildman–Crippen LogP) is 5.71. The molecule has 0 spiro atoms. The molecular weight excluding hydrogens is 597 g/mol. The summed E-state index contributed by atoms with van der Waals surface area (Å²) in [5.41, 5.74) is -2.18. The number of nitrogens with zero attached hydrogens (tertiary/aromatic N) is 2. The fourth-order valence-corrected chi connectivity index (χ4v) is 6.38. The summed E-state index contributed by atoms with van der Waals surface area (Å²) in [6, 6.07) is 3.57. The van der Waals surface area contributed by atoms with Crippen LogP contribution in [0.25, 0.3) is 11.3 Å². The lowest BCUT2D eigenvalue weighted by molar-refractivity contribution is -0.146. The maximum Gasteiger partial charge on any atom is 0.389 e. The minimum Gasteiger partial charge on any atom is -0.434 e. The van der Waals surface area contributed by atoms with Gasteiger partial charge in [-0.15, -0.1) is 0 Å². The Kier molecular flexibility index (Phi) is 10.3. The first-order chi connectivity index (χ1) is 18.9. The molecule has 2 N–H and O–H groups in total. The van der Waals surface area contributed by atoms with E-state index >= 15 is 0 Å². The van der Waals surface area contributed by atoms with E-state index in [0.29, 0.717) is 25.7 Å². The number of sulfone groups is 1. The molecule has 1 amide bonds. The van der Waals surface area contributed by atoms with E-state index in [2.05, 4.69) is 15.2 Å². The van der Waals surface area contributed by atoms with Crippen molar-refractivity contribution in [2.75, 3.05) is 12.8 Å². The number of carbonyl (C=O) groups excluding carboxylic acids is 1. The standard InChI is InChI=1S/C26H33ClF5N3O5S/c1-4-35-22(18-10-7-16(13-19(18)40-24(28)29)25(2,37)11-12-26(30,31)32)20(27)21(34-35)23(36)33-14-15-5-8-17(9-6-15)41(3,38)39/h7,10,13,15,17,24,37H,4-6,8-9,11-12,14H2,1-3H3,(H,33,36). The van der Waals surface area contributed by atoms with Crippen LogP contribution in [0.1, 0.15) is 68.4 Å². The van der Waals surface area contributed by atoms with Gasteiger partial charge in [0.1, 0.15) is 15.6 Å². The normalized spacial score (nSPS) is 19.7. The van der Waals surface area contributed by atoms with Crippen molar-refractivity contribution in [3.05, 3.63) is 34.5 Å². The lowest BCUT2D eigenvalue weighted by Crippen LogP contribution is -2.34. The molecule has 0 bridgehead atoms. The predicted molar refractivity (Wildman–Crippen MR) is 143 cm³/mol. The van der Waals surface area contributed by atoms with Gasteiger partial charge in [-0.2, -0.15) is 27.1 Å². The Bertz CT molecular complexity index is 1340. The van der Waals surface area contributed by atoms with E-state index in [9.17, 15) is 40.3 Å². The number of rotatable bonds is 11. The molecule has 1 saturated carbocycles. The zero-order chi connectivity index (χ0) is 30.8.